The summed E-state index contributed by atoms with van der Waals surface area (Å²) in [5, 5.41) is 9.47. The first-order chi connectivity index (χ1) is 7.19. The summed E-state index contributed by atoms with van der Waals surface area (Å²) in [5.41, 5.74) is 1.08. The van der Waals surface area contributed by atoms with Gasteiger partial charge < -0.3 is 5.11 Å². The molecule has 1 N–H and O–H groups in total. The molecule has 2 rings (SSSR count). The maximum absolute atomic E-state index is 11.5. The molecule has 0 aromatic heterocycles. The molecule has 0 bridgehead atoms. The third kappa shape index (κ3) is 1.26. The Morgan fingerprint density at radius 3 is 2.53 bits per heavy atom. The lowest BCUT2D eigenvalue weighted by atomic mass is 9.98. The standard InChI is InChI=1S/C11H8O4/c12-4-6-3-10(15)8(5-13)7-1-2-9(14)11(6)7/h3-5,15H,1-2H2. The van der Waals surface area contributed by atoms with Crippen molar-refractivity contribution >= 4 is 18.4 Å². The van der Waals surface area contributed by atoms with Crippen molar-refractivity contribution < 1.29 is 19.5 Å². The zero-order chi connectivity index (χ0) is 11.0. The maximum Gasteiger partial charge on any atom is 0.164 e. The number of phenols is 1. The quantitative estimate of drug-likeness (QED) is 0.733. The second-order valence-electron chi connectivity index (χ2n) is 3.41. The average molecular weight is 204 g/mol. The second-order valence-corrected chi connectivity index (χ2v) is 3.41. The van der Waals surface area contributed by atoms with Crippen LogP contribution in [-0.4, -0.2) is 23.5 Å². The van der Waals surface area contributed by atoms with Gasteiger partial charge in [0.1, 0.15) is 5.75 Å². The molecule has 1 aliphatic carbocycles. The van der Waals surface area contributed by atoms with Crippen LogP contribution in [0.2, 0.25) is 0 Å². The fraction of sp³-hybridized carbons (Fsp3) is 0.182. The highest BCUT2D eigenvalue weighted by Crippen LogP contribution is 2.32. The van der Waals surface area contributed by atoms with Gasteiger partial charge in [0.05, 0.1) is 5.56 Å². The first kappa shape index (κ1) is 9.58. The number of hydrogen-bond donors (Lipinski definition) is 1. The van der Waals surface area contributed by atoms with Crippen LogP contribution in [0.15, 0.2) is 6.07 Å². The van der Waals surface area contributed by atoms with Crippen LogP contribution in [0.3, 0.4) is 0 Å². The first-order valence-electron chi connectivity index (χ1n) is 4.51. The predicted octanol–water partition coefficient (Wildman–Crippen LogP) is 1.15. The summed E-state index contributed by atoms with van der Waals surface area (Å²) in [6.07, 6.45) is 1.75. The van der Waals surface area contributed by atoms with Gasteiger partial charge >= 0.3 is 0 Å². The van der Waals surface area contributed by atoms with Gasteiger partial charge in [0, 0.05) is 17.5 Å². The molecule has 0 heterocycles. The summed E-state index contributed by atoms with van der Waals surface area (Å²) < 4.78 is 0. The van der Waals surface area contributed by atoms with Crippen LogP contribution in [0.4, 0.5) is 0 Å². The van der Waals surface area contributed by atoms with E-state index in [1.807, 2.05) is 0 Å². The van der Waals surface area contributed by atoms with E-state index < -0.39 is 0 Å². The van der Waals surface area contributed by atoms with Crippen LogP contribution >= 0.6 is 0 Å². The number of fused-ring (bicyclic) bond motifs is 1. The van der Waals surface area contributed by atoms with Crippen molar-refractivity contribution in [1.82, 2.24) is 0 Å². The minimum Gasteiger partial charge on any atom is -0.507 e. The molecular formula is C11H8O4. The number of aromatic hydroxyl groups is 1. The van der Waals surface area contributed by atoms with Crippen LogP contribution in [0.25, 0.3) is 0 Å². The summed E-state index contributed by atoms with van der Waals surface area (Å²) in [7, 11) is 0. The summed E-state index contributed by atoms with van der Waals surface area (Å²) in [6.45, 7) is 0. The van der Waals surface area contributed by atoms with Gasteiger partial charge in [-0.1, -0.05) is 0 Å². The average Bonchev–Trinajstić information content (AvgIpc) is 2.60. The van der Waals surface area contributed by atoms with E-state index >= 15 is 0 Å². The van der Waals surface area contributed by atoms with E-state index in [4.69, 9.17) is 0 Å². The van der Waals surface area contributed by atoms with E-state index in [1.165, 1.54) is 6.07 Å². The summed E-state index contributed by atoms with van der Waals surface area (Å²) >= 11 is 0. The van der Waals surface area contributed by atoms with E-state index in [9.17, 15) is 19.5 Å². The van der Waals surface area contributed by atoms with Gasteiger partial charge in [-0.3, -0.25) is 14.4 Å². The monoisotopic (exact) mass is 204 g/mol. The zero-order valence-corrected chi connectivity index (χ0v) is 7.82. The fourth-order valence-corrected chi connectivity index (χ4v) is 1.94. The Bertz CT molecular complexity index is 474. The predicted molar refractivity (Wildman–Crippen MR) is 51.5 cm³/mol. The Morgan fingerprint density at radius 1 is 1.20 bits per heavy atom. The van der Waals surface area contributed by atoms with Gasteiger partial charge in [-0.05, 0) is 18.1 Å². The van der Waals surface area contributed by atoms with Crippen LogP contribution in [0.1, 0.15) is 43.1 Å². The van der Waals surface area contributed by atoms with E-state index in [0.29, 0.717) is 36.5 Å². The highest BCUT2D eigenvalue weighted by atomic mass is 16.3. The minimum atomic E-state index is -0.236. The molecular weight excluding hydrogens is 196 g/mol. The molecule has 0 fully saturated rings. The number of ketones is 1. The Labute approximate surface area is 85.5 Å². The van der Waals surface area contributed by atoms with Crippen molar-refractivity contribution in [2.45, 2.75) is 12.8 Å². The molecule has 0 radical (unpaired) electrons. The van der Waals surface area contributed by atoms with Crippen molar-refractivity contribution in [2.75, 3.05) is 0 Å². The van der Waals surface area contributed by atoms with Gasteiger partial charge in [0.25, 0.3) is 0 Å². The number of rotatable bonds is 2. The van der Waals surface area contributed by atoms with Crippen molar-refractivity contribution in [1.29, 1.82) is 0 Å². The SMILES string of the molecule is O=Cc1cc(O)c(C=O)c2c1C(=O)CC2. The molecule has 0 atom stereocenters. The lowest BCUT2D eigenvalue weighted by Crippen LogP contribution is -2.01. The van der Waals surface area contributed by atoms with Gasteiger partial charge in [-0.15, -0.1) is 0 Å². The van der Waals surface area contributed by atoms with E-state index in [-0.39, 0.29) is 22.7 Å². The minimum absolute atomic E-state index is 0.126. The summed E-state index contributed by atoms with van der Waals surface area (Å²) in [5.74, 6) is -0.379. The van der Waals surface area contributed by atoms with Crippen LogP contribution in [0, 0.1) is 0 Å². The number of aldehydes is 2. The van der Waals surface area contributed by atoms with Crippen LogP contribution < -0.4 is 0 Å². The molecule has 15 heavy (non-hydrogen) atoms. The van der Waals surface area contributed by atoms with Crippen molar-refractivity contribution in [3.63, 3.8) is 0 Å². The van der Waals surface area contributed by atoms with Crippen molar-refractivity contribution in [3.05, 3.63) is 28.3 Å². The Balaban J connectivity index is 2.81. The zero-order valence-electron chi connectivity index (χ0n) is 7.82. The topological polar surface area (TPSA) is 71.4 Å². The smallest absolute Gasteiger partial charge is 0.164 e. The molecule has 4 heteroatoms. The molecule has 0 saturated heterocycles. The highest BCUT2D eigenvalue weighted by Gasteiger charge is 2.27. The summed E-state index contributed by atoms with van der Waals surface area (Å²) in [4.78, 5) is 32.9. The van der Waals surface area contributed by atoms with E-state index in [0.717, 1.165) is 0 Å². The molecule has 0 amide bonds. The fourth-order valence-electron chi connectivity index (χ4n) is 1.94. The lowest BCUT2D eigenvalue weighted by Gasteiger charge is -2.06. The van der Waals surface area contributed by atoms with Gasteiger partial charge in [0.15, 0.2) is 18.4 Å². The van der Waals surface area contributed by atoms with E-state index in [2.05, 4.69) is 0 Å². The number of carbonyl (C=O) groups excluding carboxylic acids is 3. The van der Waals surface area contributed by atoms with Gasteiger partial charge in [-0.2, -0.15) is 0 Å². The molecule has 1 aromatic carbocycles. The Morgan fingerprint density at radius 2 is 1.93 bits per heavy atom. The van der Waals surface area contributed by atoms with Gasteiger partial charge in [-0.25, -0.2) is 0 Å². The molecule has 0 aliphatic heterocycles. The Hall–Kier alpha value is -1.97. The number of benzene rings is 1. The molecule has 0 saturated carbocycles. The second kappa shape index (κ2) is 3.31. The third-order valence-corrected chi connectivity index (χ3v) is 2.61. The van der Waals surface area contributed by atoms with Crippen molar-refractivity contribution in [2.24, 2.45) is 0 Å². The van der Waals surface area contributed by atoms with Gasteiger partial charge in [0.2, 0.25) is 0 Å². The molecule has 1 aromatic rings. The first-order valence-corrected chi connectivity index (χ1v) is 4.51. The number of Topliss-reactive ketones (excluding diaryl/α,β-unsaturated/α-hetero) is 1. The van der Waals surface area contributed by atoms with Crippen LogP contribution in [0.5, 0.6) is 5.75 Å². The molecule has 1 aliphatic rings. The largest absolute Gasteiger partial charge is 0.507 e. The van der Waals surface area contributed by atoms with Crippen molar-refractivity contribution in [3.8, 4) is 5.75 Å². The summed E-state index contributed by atoms with van der Waals surface area (Å²) in [6, 6.07) is 1.17. The number of phenolic OH excluding ortho intramolecular Hbond substituents is 1. The van der Waals surface area contributed by atoms with E-state index in [1.54, 1.807) is 0 Å². The highest BCUT2D eigenvalue weighted by molar-refractivity contribution is 6.08. The molecule has 76 valence electrons. The molecule has 4 nitrogen and oxygen atoms in total. The number of carbonyl (C=O) groups is 3. The normalized spacial score (nSPS) is 13.7. The molecule has 0 spiro atoms. The third-order valence-electron chi connectivity index (χ3n) is 2.61. The Kier molecular flexibility index (Phi) is 2.11. The molecule has 0 unspecified atom stereocenters. The van der Waals surface area contributed by atoms with Crippen LogP contribution in [-0.2, 0) is 6.42 Å². The number of hydrogen-bond acceptors (Lipinski definition) is 4. The lowest BCUT2D eigenvalue weighted by molar-refractivity contribution is 0.0988. The maximum atomic E-state index is 11.5.